The predicted octanol–water partition coefficient (Wildman–Crippen LogP) is 10.6. The highest BCUT2D eigenvalue weighted by Crippen LogP contribution is 2.52. The Morgan fingerprint density at radius 2 is 0.875 bits per heavy atom. The molecule has 0 saturated carbocycles. The monoisotopic (exact) mass is 614 g/mol. The molecule has 0 bridgehead atoms. The summed E-state index contributed by atoms with van der Waals surface area (Å²) < 4.78 is 3.81. The molecule has 0 amide bonds. The lowest BCUT2D eigenvalue weighted by Gasteiger charge is -2.55. The maximum Gasteiger partial charge on any atom is 0.415 e. The normalized spacial score (nSPS) is 14.1. The van der Waals surface area contributed by atoms with E-state index in [9.17, 15) is 0 Å². The molecule has 0 unspecified atom stereocenters. The van der Waals surface area contributed by atoms with Gasteiger partial charge in [-0.3, -0.25) is 0 Å². The van der Waals surface area contributed by atoms with Gasteiger partial charge in [-0.15, -0.1) is 10.9 Å². The zero-order valence-electron chi connectivity index (χ0n) is 27.2. The Hall–Kier alpha value is -5.86. The quantitative estimate of drug-likeness (QED) is 0.137. The van der Waals surface area contributed by atoms with Gasteiger partial charge in [-0.1, -0.05) is 169 Å². The molecule has 0 spiro atoms. The van der Waals surface area contributed by atoms with Crippen molar-refractivity contribution in [2.24, 2.45) is 0 Å². The predicted molar refractivity (Wildman–Crippen MR) is 207 cm³/mol. The number of rotatable bonds is 4. The van der Waals surface area contributed by atoms with Gasteiger partial charge < -0.3 is 4.28 Å². The number of fused-ring (bicyclic) bond motifs is 4. The van der Waals surface area contributed by atoms with Crippen LogP contribution in [0.25, 0.3) is 43.4 Å². The van der Waals surface area contributed by atoms with E-state index in [0.717, 1.165) is 5.75 Å². The Balaban J connectivity index is 1.51. The summed E-state index contributed by atoms with van der Waals surface area (Å²) in [6, 6.07) is 65.3. The van der Waals surface area contributed by atoms with E-state index in [1.807, 2.05) is 0 Å². The lowest BCUT2D eigenvalue weighted by Crippen LogP contribution is -2.66. The SMILES string of the molecule is Cc1ccc(C2=C(c3ccc4ccccc4c3)[B-](c3ccc4ccccc4c3)(c3ccc4ccccc4c3)[O+](C)c3ccccc32)cc1. The van der Waals surface area contributed by atoms with Gasteiger partial charge >= 0.3 is 6.35 Å². The van der Waals surface area contributed by atoms with Crippen LogP contribution in [0.4, 0.5) is 0 Å². The number of para-hydroxylation sites is 1. The smallest absolute Gasteiger partial charge is 0.415 e. The van der Waals surface area contributed by atoms with Crippen LogP contribution in [0, 0.1) is 6.92 Å². The van der Waals surface area contributed by atoms with Crippen molar-refractivity contribution in [3.05, 3.63) is 198 Å². The highest BCUT2D eigenvalue weighted by atomic mass is 16.6. The van der Waals surface area contributed by atoms with Gasteiger partial charge in [-0.2, -0.15) is 0 Å². The fraction of sp³-hybridized carbons (Fsp3) is 0.0435. The number of aryl methyl sites for hydroxylation is 1. The minimum absolute atomic E-state index is 1.15. The summed E-state index contributed by atoms with van der Waals surface area (Å²) in [5, 5.41) is 7.43. The summed E-state index contributed by atoms with van der Waals surface area (Å²) in [7, 11) is 2.23. The third-order valence-corrected chi connectivity index (χ3v) is 10.6. The van der Waals surface area contributed by atoms with Crippen LogP contribution in [-0.4, -0.2) is 13.5 Å². The van der Waals surface area contributed by atoms with Gasteiger partial charge in [0.05, 0.1) is 5.56 Å². The van der Waals surface area contributed by atoms with E-state index >= 15 is 0 Å². The van der Waals surface area contributed by atoms with Crippen LogP contribution < -0.4 is 10.9 Å². The minimum Gasteiger partial charge on any atom is -0.810 e. The molecule has 228 valence electrons. The first-order valence-corrected chi connectivity index (χ1v) is 16.8. The summed E-state index contributed by atoms with van der Waals surface area (Å²) in [5.74, 6) is 1.15. The van der Waals surface area contributed by atoms with Crippen LogP contribution in [-0.2, 0) is 4.28 Å². The number of hydrogen-bond donors (Lipinski definition) is 0. The fourth-order valence-corrected chi connectivity index (χ4v) is 8.29. The topological polar surface area (TPSA) is 2.70 Å². The molecule has 9 rings (SSSR count). The van der Waals surface area contributed by atoms with Crippen molar-refractivity contribution < 1.29 is 4.28 Å². The van der Waals surface area contributed by atoms with Crippen molar-refractivity contribution in [1.29, 1.82) is 0 Å². The van der Waals surface area contributed by atoms with E-state index in [2.05, 4.69) is 194 Å². The Labute approximate surface area is 282 Å². The average Bonchev–Trinajstić information content (AvgIpc) is 3.15. The summed E-state index contributed by atoms with van der Waals surface area (Å²) in [6.45, 7) is 2.17. The van der Waals surface area contributed by atoms with E-state index in [-0.39, 0.29) is 0 Å². The summed E-state index contributed by atoms with van der Waals surface area (Å²) in [6.07, 6.45) is -1.82. The average molecular weight is 615 g/mol. The van der Waals surface area contributed by atoms with Gasteiger partial charge in [0.25, 0.3) is 0 Å². The fourth-order valence-electron chi connectivity index (χ4n) is 8.29. The Morgan fingerprint density at radius 3 is 1.46 bits per heavy atom. The Morgan fingerprint density at radius 1 is 0.417 bits per heavy atom. The molecule has 8 aromatic rings. The molecule has 1 nitrogen and oxygen atoms in total. The molecule has 0 aliphatic carbocycles. The highest BCUT2D eigenvalue weighted by Gasteiger charge is 2.52. The minimum atomic E-state index is -1.82. The standard InChI is InChI=1S/C46H35BO/c1-32-19-21-36(22-20-32)45-43-17-9-10-18-44(43)48(2)47(41-27-25-34-12-4-7-15-38(34)30-41,42-28-26-35-13-5-8-16-39(35)31-42)46(45)40-24-23-33-11-3-6-14-37(33)29-40/h3-31H,1-2H3. The molecule has 0 fully saturated rings. The molecule has 8 aromatic carbocycles. The first kappa shape index (κ1) is 28.4. The highest BCUT2D eigenvalue weighted by molar-refractivity contribution is 7.13. The van der Waals surface area contributed by atoms with Gasteiger partial charge in [0, 0.05) is 6.07 Å². The van der Waals surface area contributed by atoms with Crippen LogP contribution in [0.3, 0.4) is 0 Å². The number of hydrogen-bond acceptors (Lipinski definition) is 0. The molecule has 0 atom stereocenters. The van der Waals surface area contributed by atoms with Crippen LogP contribution in [0.5, 0.6) is 5.75 Å². The Kier molecular flexibility index (Phi) is 6.59. The second-order valence-electron chi connectivity index (χ2n) is 13.3. The number of benzene rings is 8. The largest absolute Gasteiger partial charge is 0.810 e. The van der Waals surface area contributed by atoms with Crippen molar-refractivity contribution in [2.75, 3.05) is 7.11 Å². The molecule has 1 aliphatic heterocycles. The molecule has 2 heteroatoms. The summed E-state index contributed by atoms with van der Waals surface area (Å²) in [5.41, 5.74) is 10.0. The molecule has 1 heterocycles. The third-order valence-electron chi connectivity index (χ3n) is 10.6. The van der Waals surface area contributed by atoms with Crippen molar-refractivity contribution in [1.82, 2.24) is 0 Å². The van der Waals surface area contributed by atoms with Crippen LogP contribution in [0.2, 0.25) is 0 Å². The molecule has 48 heavy (non-hydrogen) atoms. The van der Waals surface area contributed by atoms with Crippen molar-refractivity contribution in [2.45, 2.75) is 6.92 Å². The second-order valence-corrected chi connectivity index (χ2v) is 13.3. The molecule has 0 aromatic heterocycles. The van der Waals surface area contributed by atoms with Crippen LogP contribution >= 0.6 is 0 Å². The van der Waals surface area contributed by atoms with E-state index in [4.69, 9.17) is 0 Å². The van der Waals surface area contributed by atoms with Crippen molar-refractivity contribution in [3.8, 4) is 5.75 Å². The maximum atomic E-state index is 3.81. The van der Waals surface area contributed by atoms with E-state index in [1.54, 1.807) is 0 Å². The van der Waals surface area contributed by atoms with Gasteiger partial charge in [0.15, 0.2) is 0 Å². The third kappa shape index (κ3) is 4.33. The van der Waals surface area contributed by atoms with Gasteiger partial charge in [-0.25, -0.2) is 0 Å². The van der Waals surface area contributed by atoms with E-state index in [1.165, 1.54) is 76.5 Å². The second kappa shape index (κ2) is 11.1. The molecule has 0 N–H and O–H groups in total. The van der Waals surface area contributed by atoms with Crippen molar-refractivity contribution >= 4 is 60.6 Å². The summed E-state index contributed by atoms with van der Waals surface area (Å²) >= 11 is 0. The first-order valence-electron chi connectivity index (χ1n) is 16.8. The van der Waals surface area contributed by atoms with Gasteiger partial charge in [0.1, 0.15) is 7.11 Å². The van der Waals surface area contributed by atoms with Crippen molar-refractivity contribution in [3.63, 3.8) is 0 Å². The zero-order chi connectivity index (χ0) is 32.2. The molecule has 0 saturated heterocycles. The van der Waals surface area contributed by atoms with E-state index < -0.39 is 6.35 Å². The molecule has 0 radical (unpaired) electrons. The molecular formula is C46H35BO. The summed E-state index contributed by atoms with van der Waals surface area (Å²) in [4.78, 5) is 0. The maximum absolute atomic E-state index is 3.81. The molecular weight excluding hydrogens is 579 g/mol. The zero-order valence-corrected chi connectivity index (χ0v) is 27.2. The lowest BCUT2D eigenvalue weighted by molar-refractivity contribution is 0.173. The van der Waals surface area contributed by atoms with E-state index in [0.29, 0.717) is 0 Å². The van der Waals surface area contributed by atoms with Gasteiger partial charge in [0.2, 0.25) is 5.75 Å². The lowest BCUT2D eigenvalue weighted by atomic mass is 9.25. The first-order chi connectivity index (χ1) is 23.6. The van der Waals surface area contributed by atoms with Crippen LogP contribution in [0.1, 0.15) is 22.3 Å². The van der Waals surface area contributed by atoms with Crippen LogP contribution in [0.15, 0.2) is 176 Å². The molecule has 1 aliphatic rings. The van der Waals surface area contributed by atoms with Gasteiger partial charge in [-0.05, 0) is 68.1 Å². The Bertz CT molecular complexity index is 2460.